The van der Waals surface area contributed by atoms with E-state index in [0.29, 0.717) is 12.0 Å². The summed E-state index contributed by atoms with van der Waals surface area (Å²) in [6.45, 7) is 2.08. The number of anilines is 2. The molecule has 0 saturated heterocycles. The second-order valence-electron chi connectivity index (χ2n) is 5.65. The second-order valence-corrected chi connectivity index (χ2v) is 5.65. The molecule has 1 aliphatic rings. The van der Waals surface area contributed by atoms with Crippen molar-refractivity contribution in [1.29, 1.82) is 10.5 Å². The van der Waals surface area contributed by atoms with E-state index in [1.54, 1.807) is 0 Å². The zero-order valence-corrected chi connectivity index (χ0v) is 12.8. The Bertz CT molecular complexity index is 810. The Labute approximate surface area is 131 Å². The van der Waals surface area contributed by atoms with Gasteiger partial charge in [0, 0.05) is 29.5 Å². The maximum absolute atomic E-state index is 10.1. The molecule has 0 saturated carbocycles. The van der Waals surface area contributed by atoms with Crippen molar-refractivity contribution in [1.82, 2.24) is 0 Å². The van der Waals surface area contributed by atoms with Crippen LogP contribution in [0.15, 0.2) is 42.5 Å². The SMILES string of the molecule is CCCC1(C#N)c2ccccc2N(C)c2cccc(C#N)c21. The number of fused-ring (bicyclic) bond motifs is 2. The van der Waals surface area contributed by atoms with E-state index in [1.165, 1.54) is 0 Å². The van der Waals surface area contributed by atoms with Crippen molar-refractivity contribution in [2.45, 2.75) is 25.2 Å². The molecule has 0 spiro atoms. The van der Waals surface area contributed by atoms with Crippen LogP contribution in [0.25, 0.3) is 0 Å². The molecule has 108 valence electrons. The summed E-state index contributed by atoms with van der Waals surface area (Å²) in [5, 5.41) is 19.6. The monoisotopic (exact) mass is 287 g/mol. The van der Waals surface area contributed by atoms with Gasteiger partial charge >= 0.3 is 0 Å². The maximum atomic E-state index is 10.1. The summed E-state index contributed by atoms with van der Waals surface area (Å²) in [6.07, 6.45) is 1.59. The first-order chi connectivity index (χ1) is 10.7. The van der Waals surface area contributed by atoms with Gasteiger partial charge in [0.25, 0.3) is 0 Å². The minimum Gasteiger partial charge on any atom is -0.344 e. The predicted molar refractivity (Wildman–Crippen MR) is 87.0 cm³/mol. The molecule has 0 bridgehead atoms. The van der Waals surface area contributed by atoms with Crippen molar-refractivity contribution < 1.29 is 0 Å². The van der Waals surface area contributed by atoms with Crippen molar-refractivity contribution in [3.8, 4) is 12.1 Å². The fourth-order valence-electron chi connectivity index (χ4n) is 3.56. The van der Waals surface area contributed by atoms with Gasteiger partial charge in [0.2, 0.25) is 0 Å². The van der Waals surface area contributed by atoms with E-state index in [2.05, 4.69) is 24.0 Å². The van der Waals surface area contributed by atoms with Gasteiger partial charge in [-0.05, 0) is 24.6 Å². The Morgan fingerprint density at radius 1 is 1.05 bits per heavy atom. The number of hydrogen-bond acceptors (Lipinski definition) is 3. The minimum absolute atomic E-state index is 0.592. The van der Waals surface area contributed by atoms with Gasteiger partial charge in [-0.1, -0.05) is 37.6 Å². The topological polar surface area (TPSA) is 50.8 Å². The first-order valence-electron chi connectivity index (χ1n) is 7.47. The number of para-hydroxylation sites is 1. The highest BCUT2D eigenvalue weighted by Gasteiger charge is 2.43. The Hall–Kier alpha value is -2.78. The Morgan fingerprint density at radius 3 is 2.45 bits per heavy atom. The Morgan fingerprint density at radius 2 is 1.77 bits per heavy atom. The second kappa shape index (κ2) is 5.20. The number of nitrogens with zero attached hydrogens (tertiary/aromatic N) is 3. The summed E-state index contributed by atoms with van der Waals surface area (Å²) in [5.74, 6) is 0. The fraction of sp³-hybridized carbons (Fsp3) is 0.263. The molecular formula is C19H17N3. The molecule has 2 aromatic rings. The fourth-order valence-corrected chi connectivity index (χ4v) is 3.56. The normalized spacial score (nSPS) is 18.8. The molecule has 2 aromatic carbocycles. The van der Waals surface area contributed by atoms with Gasteiger partial charge in [-0.15, -0.1) is 0 Å². The highest BCUT2D eigenvalue weighted by atomic mass is 15.1. The van der Waals surface area contributed by atoms with Crippen LogP contribution in [0, 0.1) is 22.7 Å². The molecule has 1 unspecified atom stereocenters. The van der Waals surface area contributed by atoms with Gasteiger partial charge in [0.1, 0.15) is 5.41 Å². The van der Waals surface area contributed by atoms with Crippen LogP contribution in [0.1, 0.15) is 36.5 Å². The van der Waals surface area contributed by atoms with Crippen molar-refractivity contribution in [2.75, 3.05) is 11.9 Å². The van der Waals surface area contributed by atoms with Gasteiger partial charge in [0.15, 0.2) is 0 Å². The molecule has 0 aromatic heterocycles. The Kier molecular flexibility index (Phi) is 3.35. The summed E-state index contributed by atoms with van der Waals surface area (Å²) >= 11 is 0. The summed E-state index contributed by atoms with van der Waals surface area (Å²) < 4.78 is 0. The lowest BCUT2D eigenvalue weighted by atomic mass is 9.67. The standard InChI is InChI=1S/C19H17N3/c1-3-11-19(13-21)15-8-4-5-9-16(15)22(2)17-10-6-7-14(12-20)18(17)19/h4-10H,3,11H2,1-2H3. The molecule has 1 heterocycles. The van der Waals surface area contributed by atoms with Crippen molar-refractivity contribution in [3.05, 3.63) is 59.2 Å². The minimum atomic E-state index is -0.750. The molecule has 22 heavy (non-hydrogen) atoms. The highest BCUT2D eigenvalue weighted by Crippen LogP contribution is 2.51. The lowest BCUT2D eigenvalue weighted by molar-refractivity contribution is 0.574. The smallest absolute Gasteiger partial charge is 0.112 e. The van der Waals surface area contributed by atoms with Crippen molar-refractivity contribution in [2.24, 2.45) is 0 Å². The van der Waals surface area contributed by atoms with Gasteiger partial charge in [0.05, 0.1) is 17.7 Å². The lowest BCUT2D eigenvalue weighted by Gasteiger charge is -2.40. The zero-order valence-electron chi connectivity index (χ0n) is 12.8. The summed E-state index contributed by atoms with van der Waals surface area (Å²) in [5.41, 5.74) is 3.68. The average Bonchev–Trinajstić information content (AvgIpc) is 2.58. The summed E-state index contributed by atoms with van der Waals surface area (Å²) in [6, 6.07) is 18.5. The van der Waals surface area contributed by atoms with Gasteiger partial charge in [-0.25, -0.2) is 0 Å². The third kappa shape index (κ3) is 1.73. The van der Waals surface area contributed by atoms with E-state index in [4.69, 9.17) is 0 Å². The van der Waals surface area contributed by atoms with Gasteiger partial charge in [-0.3, -0.25) is 0 Å². The third-order valence-corrected chi connectivity index (χ3v) is 4.49. The van der Waals surface area contributed by atoms with Crippen LogP contribution in [-0.2, 0) is 5.41 Å². The third-order valence-electron chi connectivity index (χ3n) is 4.49. The first kappa shape index (κ1) is 14.2. The largest absolute Gasteiger partial charge is 0.344 e. The average molecular weight is 287 g/mol. The molecule has 0 radical (unpaired) electrons. The molecule has 3 heteroatoms. The first-order valence-corrected chi connectivity index (χ1v) is 7.47. The number of hydrogen-bond donors (Lipinski definition) is 0. The zero-order chi connectivity index (χ0) is 15.7. The molecule has 0 amide bonds. The van der Waals surface area contributed by atoms with Crippen molar-refractivity contribution >= 4 is 11.4 Å². The van der Waals surface area contributed by atoms with Crippen LogP contribution in [0.5, 0.6) is 0 Å². The molecule has 0 aliphatic carbocycles. The van der Waals surface area contributed by atoms with Gasteiger partial charge < -0.3 is 4.90 Å². The van der Waals surface area contributed by atoms with Crippen LogP contribution in [-0.4, -0.2) is 7.05 Å². The predicted octanol–water partition coefficient (Wildman–Crippen LogP) is 4.25. The molecule has 1 aliphatic heterocycles. The van der Waals surface area contributed by atoms with E-state index in [-0.39, 0.29) is 0 Å². The molecule has 0 fully saturated rings. The summed E-state index contributed by atoms with van der Waals surface area (Å²) in [7, 11) is 1.99. The van der Waals surface area contributed by atoms with Crippen LogP contribution in [0.4, 0.5) is 11.4 Å². The molecule has 0 N–H and O–H groups in total. The Balaban J connectivity index is 2.44. The quantitative estimate of drug-likeness (QED) is 0.829. The van der Waals surface area contributed by atoms with E-state index >= 15 is 0 Å². The maximum Gasteiger partial charge on any atom is 0.112 e. The highest BCUT2D eigenvalue weighted by molar-refractivity contribution is 5.81. The number of benzene rings is 2. The van der Waals surface area contributed by atoms with Crippen LogP contribution < -0.4 is 4.90 Å². The van der Waals surface area contributed by atoms with E-state index in [1.807, 2.05) is 49.5 Å². The molecule has 3 rings (SSSR count). The van der Waals surface area contributed by atoms with Gasteiger partial charge in [-0.2, -0.15) is 10.5 Å². The van der Waals surface area contributed by atoms with Crippen LogP contribution in [0.3, 0.4) is 0 Å². The molecule has 1 atom stereocenters. The molecular weight excluding hydrogens is 270 g/mol. The van der Waals surface area contributed by atoms with Crippen molar-refractivity contribution in [3.63, 3.8) is 0 Å². The number of rotatable bonds is 2. The van der Waals surface area contributed by atoms with Crippen LogP contribution in [0.2, 0.25) is 0 Å². The van der Waals surface area contributed by atoms with E-state index in [9.17, 15) is 10.5 Å². The van der Waals surface area contributed by atoms with E-state index < -0.39 is 5.41 Å². The number of nitriles is 2. The van der Waals surface area contributed by atoms with E-state index in [0.717, 1.165) is 28.9 Å². The van der Waals surface area contributed by atoms with Crippen LogP contribution >= 0.6 is 0 Å². The summed E-state index contributed by atoms with van der Waals surface area (Å²) in [4.78, 5) is 2.08. The molecule has 3 nitrogen and oxygen atoms in total. The lowest BCUT2D eigenvalue weighted by Crippen LogP contribution is -2.35.